The first kappa shape index (κ1) is 19.1. The molecule has 0 aliphatic carbocycles. The number of ether oxygens (including phenoxy) is 1. The summed E-state index contributed by atoms with van der Waals surface area (Å²) in [4.78, 5) is 25.2. The molecular formula is C22H20O4S. The van der Waals surface area contributed by atoms with E-state index in [9.17, 15) is 14.7 Å². The zero-order valence-corrected chi connectivity index (χ0v) is 15.7. The van der Waals surface area contributed by atoms with E-state index in [-0.39, 0.29) is 18.6 Å². The SMILES string of the molecule is COC(=O)CC(=O)CC(O)/C=C/C=C1c2ccccc2Sc2ccccc21. The van der Waals surface area contributed by atoms with Crippen LogP contribution in [0.15, 0.2) is 76.5 Å². The number of esters is 1. The van der Waals surface area contributed by atoms with Crippen LogP contribution in [0.3, 0.4) is 0 Å². The van der Waals surface area contributed by atoms with Crippen molar-refractivity contribution in [3.63, 3.8) is 0 Å². The molecule has 1 atom stereocenters. The summed E-state index contributed by atoms with van der Waals surface area (Å²) in [5.41, 5.74) is 3.36. The maximum Gasteiger partial charge on any atom is 0.313 e. The van der Waals surface area contributed by atoms with E-state index in [0.717, 1.165) is 16.7 Å². The smallest absolute Gasteiger partial charge is 0.313 e. The van der Waals surface area contributed by atoms with Crippen LogP contribution in [0, 0.1) is 0 Å². The number of benzene rings is 2. The maximum absolute atomic E-state index is 11.7. The van der Waals surface area contributed by atoms with Crippen LogP contribution in [0.1, 0.15) is 24.0 Å². The molecule has 0 aromatic heterocycles. The van der Waals surface area contributed by atoms with Gasteiger partial charge >= 0.3 is 5.97 Å². The third-order valence-electron chi connectivity index (χ3n) is 4.18. The van der Waals surface area contributed by atoms with Crippen LogP contribution in [-0.4, -0.2) is 30.1 Å². The Labute approximate surface area is 162 Å². The summed E-state index contributed by atoms with van der Waals surface area (Å²) in [6.07, 6.45) is 3.90. The van der Waals surface area contributed by atoms with E-state index in [2.05, 4.69) is 29.0 Å². The second-order valence-electron chi connectivity index (χ2n) is 6.12. The Morgan fingerprint density at radius 1 is 1.07 bits per heavy atom. The molecule has 1 aliphatic rings. The number of aliphatic hydroxyl groups excluding tert-OH is 1. The van der Waals surface area contributed by atoms with Gasteiger partial charge in [-0.3, -0.25) is 9.59 Å². The molecule has 5 heteroatoms. The lowest BCUT2D eigenvalue weighted by Gasteiger charge is -2.21. The Bertz CT molecular complexity index is 867. The molecule has 27 heavy (non-hydrogen) atoms. The highest BCUT2D eigenvalue weighted by Crippen LogP contribution is 2.45. The molecule has 1 aliphatic heterocycles. The Morgan fingerprint density at radius 2 is 1.67 bits per heavy atom. The topological polar surface area (TPSA) is 63.6 Å². The van der Waals surface area contributed by atoms with Crippen molar-refractivity contribution in [2.24, 2.45) is 0 Å². The minimum absolute atomic E-state index is 0.113. The van der Waals surface area contributed by atoms with Gasteiger partial charge in [0.25, 0.3) is 0 Å². The van der Waals surface area contributed by atoms with Gasteiger partial charge in [-0.25, -0.2) is 0 Å². The van der Waals surface area contributed by atoms with Crippen LogP contribution in [0.2, 0.25) is 0 Å². The lowest BCUT2D eigenvalue weighted by molar-refractivity contribution is -0.143. The van der Waals surface area contributed by atoms with Gasteiger partial charge in [0.2, 0.25) is 0 Å². The highest BCUT2D eigenvalue weighted by Gasteiger charge is 2.19. The number of rotatable bonds is 6. The molecular weight excluding hydrogens is 360 g/mol. The third-order valence-corrected chi connectivity index (χ3v) is 5.33. The quantitative estimate of drug-likeness (QED) is 0.517. The van der Waals surface area contributed by atoms with E-state index >= 15 is 0 Å². The molecule has 0 radical (unpaired) electrons. The first-order valence-corrected chi connectivity index (χ1v) is 9.42. The van der Waals surface area contributed by atoms with Crippen LogP contribution in [0.25, 0.3) is 5.57 Å². The van der Waals surface area contributed by atoms with Gasteiger partial charge in [0.1, 0.15) is 12.2 Å². The molecule has 2 aromatic carbocycles. The van der Waals surface area contributed by atoms with Crippen LogP contribution in [-0.2, 0) is 14.3 Å². The van der Waals surface area contributed by atoms with Crippen LogP contribution >= 0.6 is 11.8 Å². The molecule has 1 N–H and O–H groups in total. The number of carbonyl (C=O) groups excluding carboxylic acids is 2. The van der Waals surface area contributed by atoms with E-state index in [1.165, 1.54) is 16.9 Å². The zero-order chi connectivity index (χ0) is 19.2. The fourth-order valence-electron chi connectivity index (χ4n) is 2.89. The first-order chi connectivity index (χ1) is 13.1. The molecule has 4 nitrogen and oxygen atoms in total. The molecule has 1 unspecified atom stereocenters. The molecule has 0 saturated carbocycles. The lowest BCUT2D eigenvalue weighted by atomic mass is 9.96. The van der Waals surface area contributed by atoms with Gasteiger partial charge < -0.3 is 9.84 Å². The van der Waals surface area contributed by atoms with E-state index in [1.54, 1.807) is 23.9 Å². The number of carbonyl (C=O) groups is 2. The Hall–Kier alpha value is -2.63. The minimum Gasteiger partial charge on any atom is -0.469 e. The highest BCUT2D eigenvalue weighted by atomic mass is 32.2. The summed E-state index contributed by atoms with van der Waals surface area (Å²) in [5, 5.41) is 10.0. The molecule has 0 amide bonds. The van der Waals surface area contributed by atoms with Gasteiger partial charge in [0, 0.05) is 16.2 Å². The second kappa shape index (κ2) is 8.84. The van der Waals surface area contributed by atoms with Crippen molar-refractivity contribution in [1.82, 2.24) is 0 Å². The van der Waals surface area contributed by atoms with E-state index in [1.807, 2.05) is 30.3 Å². The van der Waals surface area contributed by atoms with E-state index in [4.69, 9.17) is 0 Å². The third kappa shape index (κ3) is 4.76. The normalized spacial score (nSPS) is 13.6. The summed E-state index contributed by atoms with van der Waals surface area (Å²) < 4.78 is 4.46. The molecule has 138 valence electrons. The fourth-order valence-corrected chi connectivity index (χ4v) is 3.99. The summed E-state index contributed by atoms with van der Waals surface area (Å²) >= 11 is 1.74. The Morgan fingerprint density at radius 3 is 2.26 bits per heavy atom. The molecule has 2 aromatic rings. The molecule has 0 bridgehead atoms. The maximum atomic E-state index is 11.7. The average molecular weight is 380 g/mol. The second-order valence-corrected chi connectivity index (χ2v) is 7.21. The number of allylic oxidation sites excluding steroid dienone is 2. The van der Waals surface area contributed by atoms with Crippen molar-refractivity contribution in [3.05, 3.63) is 77.9 Å². The van der Waals surface area contributed by atoms with Crippen LogP contribution in [0.5, 0.6) is 0 Å². The number of hydrogen-bond donors (Lipinski definition) is 1. The van der Waals surface area contributed by atoms with Gasteiger partial charge in [-0.15, -0.1) is 0 Å². The number of methoxy groups -OCH3 is 1. The van der Waals surface area contributed by atoms with Gasteiger partial charge in [0.05, 0.1) is 13.2 Å². The van der Waals surface area contributed by atoms with E-state index < -0.39 is 12.1 Å². The molecule has 0 saturated heterocycles. The summed E-state index contributed by atoms with van der Waals surface area (Å²) in [6.45, 7) is 0. The molecule has 3 rings (SSSR count). The van der Waals surface area contributed by atoms with Crippen molar-refractivity contribution in [2.75, 3.05) is 7.11 Å². The van der Waals surface area contributed by atoms with Gasteiger partial charge in [-0.05, 0) is 28.8 Å². The number of Topliss-reactive ketones (excluding diaryl/α,β-unsaturated/α-hetero) is 1. The zero-order valence-electron chi connectivity index (χ0n) is 14.9. The fraction of sp³-hybridized carbons (Fsp3) is 0.182. The van der Waals surface area contributed by atoms with Crippen molar-refractivity contribution >= 4 is 29.1 Å². The van der Waals surface area contributed by atoms with Gasteiger partial charge in [0.15, 0.2) is 0 Å². The summed E-state index contributed by atoms with van der Waals surface area (Å²) in [5.74, 6) is -0.942. The molecule has 1 heterocycles. The van der Waals surface area contributed by atoms with Gasteiger partial charge in [-0.1, -0.05) is 66.4 Å². The number of aliphatic hydroxyl groups is 1. The van der Waals surface area contributed by atoms with Crippen molar-refractivity contribution < 1.29 is 19.4 Å². The summed E-state index contributed by atoms with van der Waals surface area (Å²) in [6, 6.07) is 16.4. The minimum atomic E-state index is -0.942. The standard InChI is InChI=1S/C22H20O4S/c1-26-22(25)14-16(24)13-15(23)7-6-10-17-18-8-2-4-11-20(18)27-21-12-5-3-9-19(17)21/h2-12,15,23H,13-14H2,1H3/b7-6+. The Kier molecular flexibility index (Phi) is 6.27. The number of hydrogen-bond acceptors (Lipinski definition) is 5. The largest absolute Gasteiger partial charge is 0.469 e. The lowest BCUT2D eigenvalue weighted by Crippen LogP contribution is -2.15. The first-order valence-electron chi connectivity index (χ1n) is 8.60. The number of fused-ring (bicyclic) bond motifs is 2. The Balaban J connectivity index is 1.78. The average Bonchev–Trinajstić information content (AvgIpc) is 2.67. The van der Waals surface area contributed by atoms with Crippen molar-refractivity contribution in [3.8, 4) is 0 Å². The predicted octanol–water partition coefficient (Wildman–Crippen LogP) is 4.02. The molecule has 0 fully saturated rings. The highest BCUT2D eigenvalue weighted by molar-refractivity contribution is 7.99. The number of ketones is 1. The summed E-state index contributed by atoms with van der Waals surface area (Å²) in [7, 11) is 1.23. The van der Waals surface area contributed by atoms with Crippen LogP contribution < -0.4 is 0 Å². The molecule has 0 spiro atoms. The van der Waals surface area contributed by atoms with E-state index in [0.29, 0.717) is 0 Å². The van der Waals surface area contributed by atoms with Gasteiger partial charge in [-0.2, -0.15) is 0 Å². The van der Waals surface area contributed by atoms with Crippen molar-refractivity contribution in [1.29, 1.82) is 0 Å². The van der Waals surface area contributed by atoms with Crippen molar-refractivity contribution in [2.45, 2.75) is 28.7 Å². The monoisotopic (exact) mass is 380 g/mol. The predicted molar refractivity (Wildman–Crippen MR) is 105 cm³/mol. The van der Waals surface area contributed by atoms with Crippen LogP contribution in [0.4, 0.5) is 0 Å².